The molecule has 0 aliphatic heterocycles. The van der Waals surface area contributed by atoms with Crippen LogP contribution in [-0.2, 0) is 9.53 Å². The normalized spacial score (nSPS) is 10.5. The van der Waals surface area contributed by atoms with Crippen LogP contribution in [0.25, 0.3) is 0 Å². The fourth-order valence-corrected chi connectivity index (χ4v) is 1.99. The quantitative estimate of drug-likeness (QED) is 0.537. The zero-order chi connectivity index (χ0) is 14.8. The molecule has 0 saturated heterocycles. The smallest absolute Gasteiger partial charge is 0.250 e. The molecule has 1 aromatic rings. The van der Waals surface area contributed by atoms with Crippen LogP contribution in [0.4, 0.5) is 11.4 Å². The van der Waals surface area contributed by atoms with Crippen molar-refractivity contribution in [3.8, 4) is 0 Å². The molecule has 0 fully saturated rings. The largest absolute Gasteiger partial charge is 0.397 e. The van der Waals surface area contributed by atoms with Gasteiger partial charge in [-0.1, -0.05) is 44.2 Å². The fourth-order valence-electron chi connectivity index (χ4n) is 1.81. The Morgan fingerprint density at radius 1 is 1.30 bits per heavy atom. The first-order valence-corrected chi connectivity index (χ1v) is 7.44. The highest BCUT2D eigenvalue weighted by Gasteiger charge is 2.05. The Morgan fingerprint density at radius 2 is 2.05 bits per heavy atom. The van der Waals surface area contributed by atoms with Crippen LogP contribution in [0.5, 0.6) is 0 Å². The van der Waals surface area contributed by atoms with E-state index < -0.39 is 0 Å². The van der Waals surface area contributed by atoms with E-state index in [1.54, 1.807) is 18.2 Å². The Balaban J connectivity index is 2.17. The van der Waals surface area contributed by atoms with Crippen LogP contribution in [0.1, 0.15) is 39.0 Å². The summed E-state index contributed by atoms with van der Waals surface area (Å²) in [5, 5.41) is 3.25. The lowest BCUT2D eigenvalue weighted by Crippen LogP contribution is -2.19. The van der Waals surface area contributed by atoms with Crippen LogP contribution in [0.15, 0.2) is 18.2 Å². The van der Waals surface area contributed by atoms with E-state index in [-0.39, 0.29) is 12.5 Å². The molecule has 1 rings (SSSR count). The van der Waals surface area contributed by atoms with Gasteiger partial charge in [-0.25, -0.2) is 0 Å². The third kappa shape index (κ3) is 6.78. The minimum Gasteiger partial charge on any atom is -0.397 e. The van der Waals surface area contributed by atoms with Gasteiger partial charge in [0.1, 0.15) is 6.61 Å². The number of hydrogen-bond donors (Lipinski definition) is 2. The summed E-state index contributed by atoms with van der Waals surface area (Å²) in [6.45, 7) is 2.85. The number of nitrogens with one attached hydrogen (secondary N) is 1. The molecule has 112 valence electrons. The molecule has 0 atom stereocenters. The van der Waals surface area contributed by atoms with Crippen LogP contribution in [0, 0.1) is 0 Å². The van der Waals surface area contributed by atoms with Gasteiger partial charge < -0.3 is 15.8 Å². The monoisotopic (exact) mass is 298 g/mol. The van der Waals surface area contributed by atoms with Gasteiger partial charge in [-0.3, -0.25) is 4.79 Å². The highest BCUT2D eigenvalue weighted by atomic mass is 35.5. The average Bonchev–Trinajstić information content (AvgIpc) is 2.41. The molecule has 0 radical (unpaired) electrons. The summed E-state index contributed by atoms with van der Waals surface area (Å²) < 4.78 is 5.33. The maximum Gasteiger partial charge on any atom is 0.250 e. The minimum absolute atomic E-state index is 0.0514. The summed E-state index contributed by atoms with van der Waals surface area (Å²) in [5.74, 6) is -0.201. The average molecular weight is 299 g/mol. The molecular weight excluding hydrogens is 276 g/mol. The second-order valence-electron chi connectivity index (χ2n) is 4.75. The Morgan fingerprint density at radius 3 is 2.75 bits per heavy atom. The van der Waals surface area contributed by atoms with Gasteiger partial charge >= 0.3 is 0 Å². The first kappa shape index (κ1) is 16.8. The zero-order valence-corrected chi connectivity index (χ0v) is 12.7. The van der Waals surface area contributed by atoms with Crippen molar-refractivity contribution in [2.45, 2.75) is 39.0 Å². The number of amides is 1. The number of ether oxygens (including phenoxy) is 1. The van der Waals surface area contributed by atoms with E-state index in [2.05, 4.69) is 12.2 Å². The molecule has 4 nitrogen and oxygen atoms in total. The molecule has 0 unspecified atom stereocenters. The van der Waals surface area contributed by atoms with E-state index in [0.29, 0.717) is 23.0 Å². The molecule has 1 amide bonds. The Bertz CT molecular complexity index is 424. The number of nitrogen functional groups attached to an aromatic ring is 1. The molecule has 0 spiro atoms. The number of unbranched alkanes of at least 4 members (excludes halogenated alkanes) is 4. The van der Waals surface area contributed by atoms with Gasteiger partial charge in [0.05, 0.1) is 11.4 Å². The van der Waals surface area contributed by atoms with Crippen LogP contribution >= 0.6 is 11.6 Å². The van der Waals surface area contributed by atoms with Crippen molar-refractivity contribution in [1.29, 1.82) is 0 Å². The number of hydrogen-bond acceptors (Lipinski definition) is 3. The molecule has 20 heavy (non-hydrogen) atoms. The summed E-state index contributed by atoms with van der Waals surface area (Å²) >= 11 is 5.79. The predicted molar refractivity (Wildman–Crippen MR) is 84.1 cm³/mol. The van der Waals surface area contributed by atoms with Crippen LogP contribution in [-0.4, -0.2) is 19.1 Å². The van der Waals surface area contributed by atoms with Gasteiger partial charge in [-0.05, 0) is 24.6 Å². The standard InChI is InChI=1S/C15H23ClN2O2/c1-2-3-4-5-6-9-20-11-15(19)18-14-8-7-12(16)10-13(14)17/h7-8,10H,2-6,9,11,17H2,1H3,(H,18,19). The second kappa shape index (κ2) is 9.61. The van der Waals surface area contributed by atoms with Crippen molar-refractivity contribution in [2.24, 2.45) is 0 Å². The number of carbonyl (C=O) groups is 1. The number of halogens is 1. The fraction of sp³-hybridized carbons (Fsp3) is 0.533. The maximum atomic E-state index is 11.7. The van der Waals surface area contributed by atoms with Crippen molar-refractivity contribution in [2.75, 3.05) is 24.3 Å². The van der Waals surface area contributed by atoms with Gasteiger partial charge in [0, 0.05) is 11.6 Å². The first-order valence-electron chi connectivity index (χ1n) is 7.06. The molecule has 0 heterocycles. The second-order valence-corrected chi connectivity index (χ2v) is 5.18. The van der Waals surface area contributed by atoms with Crippen molar-refractivity contribution >= 4 is 28.9 Å². The van der Waals surface area contributed by atoms with Gasteiger partial charge in [-0.15, -0.1) is 0 Å². The summed E-state index contributed by atoms with van der Waals surface area (Å²) in [6, 6.07) is 4.97. The third-order valence-electron chi connectivity index (χ3n) is 2.91. The molecule has 5 heteroatoms. The maximum absolute atomic E-state index is 11.7. The third-order valence-corrected chi connectivity index (χ3v) is 3.15. The molecule has 0 bridgehead atoms. The summed E-state index contributed by atoms with van der Waals surface area (Å²) in [7, 11) is 0. The van der Waals surface area contributed by atoms with Gasteiger partial charge in [0.2, 0.25) is 5.91 Å². The molecule has 3 N–H and O–H groups in total. The molecule has 0 saturated carbocycles. The van der Waals surface area contributed by atoms with Gasteiger partial charge in [-0.2, -0.15) is 0 Å². The summed E-state index contributed by atoms with van der Waals surface area (Å²) in [5.41, 5.74) is 6.76. The number of carbonyl (C=O) groups excluding carboxylic acids is 1. The van der Waals surface area contributed by atoms with Gasteiger partial charge in [0.25, 0.3) is 0 Å². The first-order chi connectivity index (χ1) is 9.63. The lowest BCUT2D eigenvalue weighted by Gasteiger charge is -2.09. The lowest BCUT2D eigenvalue weighted by molar-refractivity contribution is -0.120. The molecule has 0 aliphatic rings. The molecular formula is C15H23ClN2O2. The minimum atomic E-state index is -0.201. The summed E-state index contributed by atoms with van der Waals surface area (Å²) in [4.78, 5) is 11.7. The Labute approximate surface area is 125 Å². The highest BCUT2D eigenvalue weighted by molar-refractivity contribution is 6.31. The van der Waals surface area contributed by atoms with E-state index in [4.69, 9.17) is 22.1 Å². The van der Waals surface area contributed by atoms with Crippen LogP contribution in [0.3, 0.4) is 0 Å². The molecule has 1 aromatic carbocycles. The predicted octanol–water partition coefficient (Wildman–Crippen LogP) is 3.85. The highest BCUT2D eigenvalue weighted by Crippen LogP contribution is 2.22. The van der Waals surface area contributed by atoms with E-state index in [0.717, 1.165) is 12.8 Å². The Kier molecular flexibility index (Phi) is 8.07. The van der Waals surface area contributed by atoms with Crippen molar-refractivity contribution in [3.05, 3.63) is 23.2 Å². The van der Waals surface area contributed by atoms with Crippen molar-refractivity contribution in [3.63, 3.8) is 0 Å². The zero-order valence-electron chi connectivity index (χ0n) is 12.0. The lowest BCUT2D eigenvalue weighted by atomic mass is 10.2. The SMILES string of the molecule is CCCCCCCOCC(=O)Nc1ccc(Cl)cc1N. The van der Waals surface area contributed by atoms with E-state index in [1.165, 1.54) is 19.3 Å². The van der Waals surface area contributed by atoms with E-state index in [9.17, 15) is 4.79 Å². The topological polar surface area (TPSA) is 64.3 Å². The van der Waals surface area contributed by atoms with E-state index >= 15 is 0 Å². The summed E-state index contributed by atoms with van der Waals surface area (Å²) in [6.07, 6.45) is 5.87. The van der Waals surface area contributed by atoms with E-state index in [1.807, 2.05) is 0 Å². The van der Waals surface area contributed by atoms with Crippen molar-refractivity contribution in [1.82, 2.24) is 0 Å². The Hall–Kier alpha value is -1.26. The van der Waals surface area contributed by atoms with Crippen LogP contribution < -0.4 is 11.1 Å². The molecule has 0 aliphatic carbocycles. The van der Waals surface area contributed by atoms with Crippen molar-refractivity contribution < 1.29 is 9.53 Å². The number of anilines is 2. The number of rotatable bonds is 9. The number of benzene rings is 1. The number of nitrogens with two attached hydrogens (primary N) is 1. The van der Waals surface area contributed by atoms with Crippen LogP contribution in [0.2, 0.25) is 5.02 Å². The molecule has 0 aromatic heterocycles. The van der Waals surface area contributed by atoms with Gasteiger partial charge in [0.15, 0.2) is 0 Å².